The molecule has 0 fully saturated rings. The molecule has 0 aliphatic rings. The molecule has 0 amide bonds. The van der Waals surface area contributed by atoms with Gasteiger partial charge in [-0.05, 0) is 18.6 Å². The Kier molecular flexibility index (Phi) is 5.53. The van der Waals surface area contributed by atoms with E-state index in [9.17, 15) is 0 Å². The van der Waals surface area contributed by atoms with Crippen molar-refractivity contribution < 1.29 is 4.74 Å². The number of nitrogen functional groups attached to an aromatic ring is 1. The van der Waals surface area contributed by atoms with E-state index in [4.69, 9.17) is 22.1 Å². The Balaban J connectivity index is 2.04. The van der Waals surface area contributed by atoms with Crippen LogP contribution in [0.25, 0.3) is 0 Å². The van der Waals surface area contributed by atoms with Crippen LogP contribution in [-0.2, 0) is 4.74 Å². The molecule has 0 aromatic carbocycles. The molecule has 7 nitrogen and oxygen atoms in total. The van der Waals surface area contributed by atoms with E-state index in [0.29, 0.717) is 41.3 Å². The minimum Gasteiger partial charge on any atom is -0.393 e. The third-order valence-electron chi connectivity index (χ3n) is 2.68. The van der Waals surface area contributed by atoms with Gasteiger partial charge in [-0.3, -0.25) is 0 Å². The summed E-state index contributed by atoms with van der Waals surface area (Å²) in [7, 11) is 1.67. The van der Waals surface area contributed by atoms with Crippen LogP contribution in [0.5, 0.6) is 0 Å². The zero-order valence-electron chi connectivity index (χ0n) is 11.6. The maximum absolute atomic E-state index is 6.04. The summed E-state index contributed by atoms with van der Waals surface area (Å²) in [6.45, 7) is 1.39. The molecule has 0 spiro atoms. The molecule has 0 aliphatic heterocycles. The summed E-state index contributed by atoms with van der Waals surface area (Å²) in [6, 6.07) is 3.48. The minimum absolute atomic E-state index is 0.437. The van der Waals surface area contributed by atoms with Crippen LogP contribution in [-0.4, -0.2) is 35.2 Å². The number of hydrogen-bond donors (Lipinski definition) is 3. The second-order valence-electron chi connectivity index (χ2n) is 4.24. The maximum Gasteiger partial charge on any atom is 0.160 e. The Bertz CT molecular complexity index is 577. The molecule has 2 aromatic heterocycles. The van der Waals surface area contributed by atoms with Crippen molar-refractivity contribution in [2.24, 2.45) is 0 Å². The summed E-state index contributed by atoms with van der Waals surface area (Å²) >= 11 is 5.79. The minimum atomic E-state index is 0.437. The molecule has 0 bridgehead atoms. The molecule has 0 atom stereocenters. The second kappa shape index (κ2) is 7.61. The van der Waals surface area contributed by atoms with Crippen molar-refractivity contribution in [2.45, 2.75) is 6.42 Å². The SMILES string of the molecule is COCCCNc1ncnc(Nc2ccc(Cl)cn2)c1N. The molecular weight excluding hydrogens is 292 g/mol. The summed E-state index contributed by atoms with van der Waals surface area (Å²) in [5, 5.41) is 6.74. The average molecular weight is 309 g/mol. The van der Waals surface area contributed by atoms with E-state index in [1.807, 2.05) is 0 Å². The van der Waals surface area contributed by atoms with Crippen molar-refractivity contribution in [1.82, 2.24) is 15.0 Å². The monoisotopic (exact) mass is 308 g/mol. The number of aromatic nitrogens is 3. The highest BCUT2D eigenvalue weighted by molar-refractivity contribution is 6.30. The smallest absolute Gasteiger partial charge is 0.160 e. The fraction of sp³-hybridized carbons (Fsp3) is 0.308. The zero-order valence-corrected chi connectivity index (χ0v) is 12.4. The van der Waals surface area contributed by atoms with Gasteiger partial charge in [-0.25, -0.2) is 15.0 Å². The predicted molar refractivity (Wildman–Crippen MR) is 84.0 cm³/mol. The van der Waals surface area contributed by atoms with Gasteiger partial charge in [-0.15, -0.1) is 0 Å². The number of nitrogens with two attached hydrogens (primary N) is 1. The van der Waals surface area contributed by atoms with Crippen molar-refractivity contribution in [3.8, 4) is 0 Å². The molecule has 2 heterocycles. The number of hydrogen-bond acceptors (Lipinski definition) is 7. The van der Waals surface area contributed by atoms with Crippen molar-refractivity contribution in [1.29, 1.82) is 0 Å². The Morgan fingerprint density at radius 3 is 2.76 bits per heavy atom. The van der Waals surface area contributed by atoms with Crippen molar-refractivity contribution >= 4 is 34.7 Å². The molecule has 21 heavy (non-hydrogen) atoms. The summed E-state index contributed by atoms with van der Waals surface area (Å²) in [4.78, 5) is 12.4. The number of methoxy groups -OCH3 is 1. The number of pyridine rings is 1. The first kappa shape index (κ1) is 15.3. The highest BCUT2D eigenvalue weighted by Gasteiger charge is 2.08. The molecule has 0 saturated carbocycles. The van der Waals surface area contributed by atoms with Crippen LogP contribution in [0.1, 0.15) is 6.42 Å². The van der Waals surface area contributed by atoms with Gasteiger partial charge in [0.05, 0.1) is 5.02 Å². The lowest BCUT2D eigenvalue weighted by Crippen LogP contribution is -2.10. The van der Waals surface area contributed by atoms with Gasteiger partial charge in [-0.2, -0.15) is 0 Å². The largest absolute Gasteiger partial charge is 0.393 e. The number of halogens is 1. The van der Waals surface area contributed by atoms with Crippen LogP contribution in [0.15, 0.2) is 24.7 Å². The molecule has 4 N–H and O–H groups in total. The molecule has 0 unspecified atom stereocenters. The van der Waals surface area contributed by atoms with Gasteiger partial charge >= 0.3 is 0 Å². The van der Waals surface area contributed by atoms with Crippen LogP contribution in [0.2, 0.25) is 5.02 Å². The molecule has 0 radical (unpaired) electrons. The normalized spacial score (nSPS) is 10.4. The summed E-state index contributed by atoms with van der Waals surface area (Å²) in [5.74, 6) is 1.68. The van der Waals surface area contributed by atoms with Gasteiger partial charge in [0.15, 0.2) is 11.6 Å². The van der Waals surface area contributed by atoms with E-state index in [2.05, 4.69) is 25.6 Å². The highest BCUT2D eigenvalue weighted by Crippen LogP contribution is 2.25. The van der Waals surface area contributed by atoms with Gasteiger partial charge in [0.25, 0.3) is 0 Å². The maximum atomic E-state index is 6.04. The summed E-state index contributed by atoms with van der Waals surface area (Å²) in [6.07, 6.45) is 3.85. The molecular formula is C13H17ClN6O. The van der Waals surface area contributed by atoms with E-state index in [1.165, 1.54) is 6.33 Å². The Hall–Kier alpha value is -2.12. The Morgan fingerprint density at radius 1 is 1.24 bits per heavy atom. The first-order valence-corrected chi connectivity index (χ1v) is 6.80. The first-order valence-electron chi connectivity index (χ1n) is 6.42. The standard InChI is InChI=1S/C13H17ClN6O/c1-21-6-2-5-16-12-11(15)13(19-8-18-12)20-10-4-3-9(14)7-17-10/h3-4,7-8H,2,5-6,15H2,1H3,(H2,16,17,18,19,20). The number of nitrogens with one attached hydrogen (secondary N) is 2. The number of nitrogens with zero attached hydrogens (tertiary/aromatic N) is 3. The number of anilines is 4. The molecule has 2 rings (SSSR count). The van der Waals surface area contributed by atoms with Crippen molar-refractivity contribution in [3.05, 3.63) is 29.7 Å². The molecule has 0 aliphatic carbocycles. The Labute approximate surface area is 127 Å². The van der Waals surface area contributed by atoms with E-state index < -0.39 is 0 Å². The van der Waals surface area contributed by atoms with Crippen LogP contribution < -0.4 is 16.4 Å². The lowest BCUT2D eigenvalue weighted by Gasteiger charge is -2.12. The van der Waals surface area contributed by atoms with Gasteiger partial charge in [-0.1, -0.05) is 11.6 Å². The average Bonchev–Trinajstić information content (AvgIpc) is 2.49. The third-order valence-corrected chi connectivity index (χ3v) is 2.90. The lowest BCUT2D eigenvalue weighted by atomic mass is 10.4. The van der Waals surface area contributed by atoms with Crippen LogP contribution >= 0.6 is 11.6 Å². The van der Waals surface area contributed by atoms with Crippen LogP contribution in [0, 0.1) is 0 Å². The van der Waals surface area contributed by atoms with E-state index in [0.717, 1.165) is 6.42 Å². The second-order valence-corrected chi connectivity index (χ2v) is 4.68. The van der Waals surface area contributed by atoms with E-state index in [-0.39, 0.29) is 0 Å². The van der Waals surface area contributed by atoms with Gasteiger partial charge in [0.2, 0.25) is 0 Å². The van der Waals surface area contributed by atoms with Crippen LogP contribution in [0.4, 0.5) is 23.1 Å². The van der Waals surface area contributed by atoms with Crippen molar-refractivity contribution in [3.63, 3.8) is 0 Å². The Morgan fingerprint density at radius 2 is 2.05 bits per heavy atom. The predicted octanol–water partition coefficient (Wildman–Crippen LogP) is 2.30. The first-order chi connectivity index (χ1) is 10.2. The van der Waals surface area contributed by atoms with Gasteiger partial charge in [0, 0.05) is 26.5 Å². The number of ether oxygens (including phenoxy) is 1. The fourth-order valence-electron chi connectivity index (χ4n) is 1.63. The van der Waals surface area contributed by atoms with Gasteiger partial charge < -0.3 is 21.1 Å². The summed E-state index contributed by atoms with van der Waals surface area (Å²) < 4.78 is 4.99. The fourth-order valence-corrected chi connectivity index (χ4v) is 1.74. The molecule has 0 saturated heterocycles. The quantitative estimate of drug-likeness (QED) is 0.675. The molecule has 8 heteroatoms. The third kappa shape index (κ3) is 4.44. The van der Waals surface area contributed by atoms with E-state index >= 15 is 0 Å². The van der Waals surface area contributed by atoms with Crippen LogP contribution in [0.3, 0.4) is 0 Å². The highest BCUT2D eigenvalue weighted by atomic mass is 35.5. The van der Waals surface area contributed by atoms with Gasteiger partial charge in [0.1, 0.15) is 17.8 Å². The van der Waals surface area contributed by atoms with Crippen molar-refractivity contribution in [2.75, 3.05) is 36.6 Å². The lowest BCUT2D eigenvalue weighted by molar-refractivity contribution is 0.198. The molecule has 2 aromatic rings. The number of rotatable bonds is 7. The zero-order chi connectivity index (χ0) is 15.1. The summed E-state index contributed by atoms with van der Waals surface area (Å²) in [5.41, 5.74) is 6.48. The molecule has 112 valence electrons. The van der Waals surface area contributed by atoms with E-state index in [1.54, 1.807) is 25.4 Å². The topological polar surface area (TPSA) is 98.0 Å².